The van der Waals surface area contributed by atoms with Crippen molar-refractivity contribution < 1.29 is 24.0 Å². The monoisotopic (exact) mass is 370 g/mol. The normalized spacial score (nSPS) is 11.9. The van der Waals surface area contributed by atoms with Crippen LogP contribution in [0.25, 0.3) is 0 Å². The van der Waals surface area contributed by atoms with Gasteiger partial charge in [-0.1, -0.05) is 23.2 Å². The minimum Gasteiger partial charge on any atom is -0.445 e. The summed E-state index contributed by atoms with van der Waals surface area (Å²) in [5.41, 5.74) is 5.37. The molecule has 0 saturated carbocycles. The van der Waals surface area contributed by atoms with Crippen LogP contribution in [0.15, 0.2) is 0 Å². The standard InChI is InChI=1S/C12H14Cl3N3O4/c1-5(11(19)17-3-4-21-2)22-12(20)9-6(13)8(16)7(14)10(15)18-9/h5H,3-4H2,1-2H3,(H2,16,18)(H,17,19)/p+1/t5-/m0/s1. The lowest BCUT2D eigenvalue weighted by atomic mass is 10.3. The van der Waals surface area contributed by atoms with Crippen LogP contribution in [0, 0.1) is 0 Å². The maximum atomic E-state index is 12.0. The Morgan fingerprint density at radius 1 is 1.32 bits per heavy atom. The van der Waals surface area contributed by atoms with E-state index in [1.54, 1.807) is 0 Å². The Morgan fingerprint density at radius 2 is 1.95 bits per heavy atom. The molecule has 0 aliphatic carbocycles. The number of ether oxygens (including phenoxy) is 2. The summed E-state index contributed by atoms with van der Waals surface area (Å²) in [6, 6.07) is 0. The molecule has 0 aliphatic rings. The van der Waals surface area contributed by atoms with Crippen molar-refractivity contribution in [2.45, 2.75) is 13.0 Å². The maximum absolute atomic E-state index is 12.0. The van der Waals surface area contributed by atoms with E-state index >= 15 is 0 Å². The number of hydrogen-bond donors (Lipinski definition) is 2. The molecular formula is C12H15Cl3N3O4+. The van der Waals surface area contributed by atoms with Crippen molar-refractivity contribution in [3.63, 3.8) is 0 Å². The molecule has 7 nitrogen and oxygen atoms in total. The number of carbonyl (C=O) groups excluding carboxylic acids is 2. The van der Waals surface area contributed by atoms with E-state index in [1.807, 2.05) is 0 Å². The van der Waals surface area contributed by atoms with Crippen molar-refractivity contribution in [3.05, 3.63) is 20.9 Å². The average molecular weight is 372 g/mol. The van der Waals surface area contributed by atoms with Crippen molar-refractivity contribution >= 4 is 52.4 Å². The van der Waals surface area contributed by atoms with E-state index in [-0.39, 0.29) is 26.6 Å². The quantitative estimate of drug-likeness (QED) is 0.446. The lowest BCUT2D eigenvalue weighted by molar-refractivity contribution is -0.380. The number of hydrogen-bond acceptors (Lipinski definition) is 5. The van der Waals surface area contributed by atoms with Crippen LogP contribution in [-0.4, -0.2) is 38.2 Å². The molecule has 0 saturated heterocycles. The summed E-state index contributed by atoms with van der Waals surface area (Å²) in [7, 11) is 1.50. The van der Waals surface area contributed by atoms with Crippen molar-refractivity contribution in [1.29, 1.82) is 0 Å². The van der Waals surface area contributed by atoms with Gasteiger partial charge in [-0.2, -0.15) is 4.98 Å². The highest BCUT2D eigenvalue weighted by Crippen LogP contribution is 2.32. The van der Waals surface area contributed by atoms with Gasteiger partial charge in [-0.05, 0) is 18.5 Å². The summed E-state index contributed by atoms with van der Waals surface area (Å²) in [5.74, 6) is -1.36. The van der Waals surface area contributed by atoms with Gasteiger partial charge in [0.1, 0.15) is 10.0 Å². The minimum atomic E-state index is -1.04. The molecule has 10 heteroatoms. The number of carbonyl (C=O) groups is 2. The van der Waals surface area contributed by atoms with Gasteiger partial charge in [0.05, 0.1) is 12.3 Å². The third-order valence-corrected chi connectivity index (χ3v) is 3.75. The lowest BCUT2D eigenvalue weighted by Crippen LogP contribution is -2.38. The number of H-pyrrole nitrogens is 1. The number of methoxy groups -OCH3 is 1. The van der Waals surface area contributed by atoms with Gasteiger partial charge in [-0.25, -0.2) is 4.79 Å². The smallest absolute Gasteiger partial charge is 0.406 e. The van der Waals surface area contributed by atoms with E-state index in [1.165, 1.54) is 14.0 Å². The van der Waals surface area contributed by atoms with Gasteiger partial charge in [0.25, 0.3) is 11.1 Å². The Bertz CT molecular complexity index is 583. The van der Waals surface area contributed by atoms with Crippen LogP contribution in [-0.2, 0) is 14.3 Å². The largest absolute Gasteiger partial charge is 0.445 e. The molecule has 0 aliphatic heterocycles. The number of nitrogens with one attached hydrogen (secondary N) is 2. The number of nitrogens with two attached hydrogens (primary N) is 1. The van der Waals surface area contributed by atoms with Crippen LogP contribution in [0.1, 0.15) is 17.4 Å². The molecule has 0 spiro atoms. The number of amides is 1. The van der Waals surface area contributed by atoms with Crippen molar-refractivity contribution in [2.24, 2.45) is 0 Å². The van der Waals surface area contributed by atoms with E-state index in [0.717, 1.165) is 0 Å². The first-order chi connectivity index (χ1) is 10.3. The topological polar surface area (TPSA) is 105 Å². The second kappa shape index (κ2) is 8.38. The van der Waals surface area contributed by atoms with Gasteiger partial charge in [0, 0.05) is 13.7 Å². The van der Waals surface area contributed by atoms with Crippen LogP contribution >= 0.6 is 34.8 Å². The predicted molar refractivity (Wildman–Crippen MR) is 82.2 cm³/mol. The molecular weight excluding hydrogens is 357 g/mol. The third kappa shape index (κ3) is 4.61. The van der Waals surface area contributed by atoms with Crippen LogP contribution in [0.3, 0.4) is 0 Å². The van der Waals surface area contributed by atoms with Crippen molar-refractivity contribution in [1.82, 2.24) is 5.32 Å². The first-order valence-corrected chi connectivity index (χ1v) is 7.25. The number of pyridine rings is 1. The molecule has 1 atom stereocenters. The fourth-order valence-electron chi connectivity index (χ4n) is 1.40. The molecule has 122 valence electrons. The van der Waals surface area contributed by atoms with Crippen LogP contribution in [0.2, 0.25) is 15.2 Å². The van der Waals surface area contributed by atoms with Crippen molar-refractivity contribution in [2.75, 3.05) is 26.0 Å². The van der Waals surface area contributed by atoms with Crippen LogP contribution < -0.4 is 16.0 Å². The zero-order valence-corrected chi connectivity index (χ0v) is 14.1. The Balaban J connectivity index is 2.79. The number of esters is 1. The van der Waals surface area contributed by atoms with Crippen molar-refractivity contribution in [3.8, 4) is 0 Å². The zero-order valence-electron chi connectivity index (χ0n) is 11.8. The number of aromatic nitrogens is 1. The highest BCUT2D eigenvalue weighted by atomic mass is 35.5. The van der Waals surface area contributed by atoms with E-state index < -0.39 is 18.0 Å². The molecule has 1 heterocycles. The first-order valence-electron chi connectivity index (χ1n) is 6.12. The highest BCUT2D eigenvalue weighted by Gasteiger charge is 2.29. The molecule has 0 fully saturated rings. The summed E-state index contributed by atoms with van der Waals surface area (Å²) in [6.07, 6.45) is -1.04. The number of anilines is 1. The van der Waals surface area contributed by atoms with E-state index in [4.69, 9.17) is 50.0 Å². The summed E-state index contributed by atoms with van der Waals surface area (Å²) in [5, 5.41) is 2.33. The third-order valence-electron chi connectivity index (χ3n) is 2.58. The van der Waals surface area contributed by atoms with Gasteiger partial charge in [0.2, 0.25) is 0 Å². The fourth-order valence-corrected chi connectivity index (χ4v) is 2.01. The predicted octanol–water partition coefficient (Wildman–Crippen LogP) is 1.35. The van der Waals surface area contributed by atoms with Gasteiger partial charge in [-0.3, -0.25) is 4.79 Å². The summed E-state index contributed by atoms with van der Waals surface area (Å²) < 4.78 is 9.78. The van der Waals surface area contributed by atoms with Gasteiger partial charge in [-0.15, -0.1) is 0 Å². The van der Waals surface area contributed by atoms with E-state index in [9.17, 15) is 9.59 Å². The molecule has 0 bridgehead atoms. The Labute approximate surface area is 142 Å². The Hall–Kier alpha value is -1.28. The number of halogens is 3. The van der Waals surface area contributed by atoms with Crippen LogP contribution in [0.5, 0.6) is 0 Å². The minimum absolute atomic E-state index is 0.00595. The van der Waals surface area contributed by atoms with Gasteiger partial charge < -0.3 is 20.5 Å². The highest BCUT2D eigenvalue weighted by molar-refractivity contribution is 6.45. The molecule has 4 N–H and O–H groups in total. The lowest BCUT2D eigenvalue weighted by Gasteiger charge is -2.12. The maximum Gasteiger partial charge on any atom is 0.406 e. The number of rotatable bonds is 6. The summed E-state index contributed by atoms with van der Waals surface area (Å²) in [4.78, 5) is 26.2. The van der Waals surface area contributed by atoms with Crippen LogP contribution in [0.4, 0.5) is 5.69 Å². The molecule has 22 heavy (non-hydrogen) atoms. The number of aromatic amines is 1. The molecule has 1 amide bonds. The summed E-state index contributed by atoms with van der Waals surface area (Å²) >= 11 is 17.5. The molecule has 0 unspecified atom stereocenters. The van der Waals surface area contributed by atoms with E-state index in [2.05, 4.69) is 10.3 Å². The number of nitrogen functional groups attached to an aromatic ring is 1. The second-order valence-corrected chi connectivity index (χ2v) is 5.32. The Kier molecular flexibility index (Phi) is 7.15. The SMILES string of the molecule is COCCNC(=O)[C@H](C)OC(=O)c1[nH+]c(Cl)c(Cl)c(N)c1Cl. The first kappa shape index (κ1) is 18.8. The molecule has 1 aromatic heterocycles. The molecule has 1 aromatic rings. The van der Waals surface area contributed by atoms with Gasteiger partial charge in [0.15, 0.2) is 6.10 Å². The van der Waals surface area contributed by atoms with E-state index in [0.29, 0.717) is 13.2 Å². The molecule has 0 aromatic carbocycles. The molecule has 0 radical (unpaired) electrons. The fraction of sp³-hybridized carbons (Fsp3) is 0.417. The Morgan fingerprint density at radius 3 is 2.55 bits per heavy atom. The zero-order chi connectivity index (χ0) is 16.9. The second-order valence-electron chi connectivity index (χ2n) is 4.19. The summed E-state index contributed by atoms with van der Waals surface area (Å²) in [6.45, 7) is 2.05. The molecule has 1 rings (SSSR count). The average Bonchev–Trinajstić information content (AvgIpc) is 2.48. The van der Waals surface area contributed by atoms with Gasteiger partial charge >= 0.3 is 11.7 Å².